The second kappa shape index (κ2) is 6.33. The number of benzene rings is 1. The molecule has 0 unspecified atom stereocenters. The minimum atomic E-state index is 0.149. The van der Waals surface area contributed by atoms with Crippen LogP contribution in [0.3, 0.4) is 0 Å². The van der Waals surface area contributed by atoms with Crippen LogP contribution in [0.2, 0.25) is 0 Å². The lowest BCUT2D eigenvalue weighted by Crippen LogP contribution is -2.32. The highest BCUT2D eigenvalue weighted by Gasteiger charge is 2.16. The molecule has 1 fully saturated rings. The zero-order chi connectivity index (χ0) is 13.8. The van der Waals surface area contributed by atoms with E-state index in [1.165, 1.54) is 4.70 Å². The summed E-state index contributed by atoms with van der Waals surface area (Å²) in [5.41, 5.74) is 1.01. The molecule has 0 radical (unpaired) electrons. The Morgan fingerprint density at radius 1 is 1.35 bits per heavy atom. The predicted octanol–water partition coefficient (Wildman–Crippen LogP) is 2.30. The molecular formula is C15H19N3OS. The van der Waals surface area contributed by atoms with E-state index in [1.54, 1.807) is 11.3 Å². The third-order valence-electron chi connectivity index (χ3n) is 3.71. The van der Waals surface area contributed by atoms with E-state index >= 15 is 0 Å². The van der Waals surface area contributed by atoms with Gasteiger partial charge in [-0.1, -0.05) is 12.1 Å². The van der Waals surface area contributed by atoms with Crippen LogP contribution in [0.15, 0.2) is 24.3 Å². The Kier molecular flexibility index (Phi) is 4.28. The molecule has 0 atom stereocenters. The Morgan fingerprint density at radius 2 is 2.15 bits per heavy atom. The van der Waals surface area contributed by atoms with Crippen LogP contribution >= 0.6 is 11.3 Å². The molecular weight excluding hydrogens is 270 g/mol. The second-order valence-corrected chi connectivity index (χ2v) is 6.36. The summed E-state index contributed by atoms with van der Waals surface area (Å²) in [5, 5.41) is 7.29. The first-order valence-electron chi connectivity index (χ1n) is 7.13. The van der Waals surface area contributed by atoms with Gasteiger partial charge in [0.1, 0.15) is 5.01 Å². The van der Waals surface area contributed by atoms with Crippen molar-refractivity contribution in [2.24, 2.45) is 5.92 Å². The van der Waals surface area contributed by atoms with Crippen molar-refractivity contribution in [2.75, 3.05) is 13.1 Å². The van der Waals surface area contributed by atoms with Crippen LogP contribution in [0.1, 0.15) is 24.3 Å². The van der Waals surface area contributed by atoms with Gasteiger partial charge < -0.3 is 10.6 Å². The van der Waals surface area contributed by atoms with Gasteiger partial charge in [-0.3, -0.25) is 4.79 Å². The molecule has 1 aliphatic heterocycles. The minimum Gasteiger partial charge on any atom is -0.350 e. The van der Waals surface area contributed by atoms with Crippen LogP contribution in [0.5, 0.6) is 0 Å². The van der Waals surface area contributed by atoms with Crippen LogP contribution in [-0.4, -0.2) is 24.0 Å². The van der Waals surface area contributed by atoms with Gasteiger partial charge in [0.25, 0.3) is 0 Å². The van der Waals surface area contributed by atoms with Crippen molar-refractivity contribution in [3.05, 3.63) is 29.3 Å². The molecule has 0 spiro atoms. The first-order valence-corrected chi connectivity index (χ1v) is 7.95. The van der Waals surface area contributed by atoms with Crippen molar-refractivity contribution in [3.8, 4) is 0 Å². The van der Waals surface area contributed by atoms with E-state index in [-0.39, 0.29) is 5.91 Å². The maximum Gasteiger partial charge on any atom is 0.220 e. The van der Waals surface area contributed by atoms with Crippen molar-refractivity contribution in [2.45, 2.75) is 25.8 Å². The summed E-state index contributed by atoms with van der Waals surface area (Å²) in [4.78, 5) is 16.5. The standard InChI is InChI=1S/C15H19N3OS/c19-14(9-11-5-7-16-8-6-11)17-10-15-18-12-3-1-2-4-13(12)20-15/h1-4,11,16H,5-10H2,(H,17,19). The molecule has 1 aromatic heterocycles. The molecule has 2 heterocycles. The van der Waals surface area contributed by atoms with Gasteiger partial charge in [-0.05, 0) is 44.0 Å². The smallest absolute Gasteiger partial charge is 0.220 e. The number of carbonyl (C=O) groups excluding carboxylic acids is 1. The number of nitrogens with one attached hydrogen (secondary N) is 2. The predicted molar refractivity (Wildman–Crippen MR) is 81.7 cm³/mol. The van der Waals surface area contributed by atoms with Crippen molar-refractivity contribution in [1.29, 1.82) is 0 Å². The third kappa shape index (κ3) is 3.35. The second-order valence-electron chi connectivity index (χ2n) is 5.25. The number of thiazole rings is 1. The number of piperidine rings is 1. The number of nitrogens with zero attached hydrogens (tertiary/aromatic N) is 1. The molecule has 2 aromatic rings. The fourth-order valence-corrected chi connectivity index (χ4v) is 3.50. The number of fused-ring (bicyclic) bond motifs is 1. The lowest BCUT2D eigenvalue weighted by atomic mass is 9.94. The molecule has 3 rings (SSSR count). The Hall–Kier alpha value is -1.46. The largest absolute Gasteiger partial charge is 0.350 e. The van der Waals surface area contributed by atoms with E-state index in [2.05, 4.69) is 21.7 Å². The molecule has 0 aliphatic carbocycles. The number of aromatic nitrogens is 1. The molecule has 20 heavy (non-hydrogen) atoms. The highest BCUT2D eigenvalue weighted by atomic mass is 32.1. The first-order chi connectivity index (χ1) is 9.81. The summed E-state index contributed by atoms with van der Waals surface area (Å²) in [7, 11) is 0. The van der Waals surface area contributed by atoms with Crippen LogP contribution in [-0.2, 0) is 11.3 Å². The fourth-order valence-electron chi connectivity index (χ4n) is 2.59. The number of para-hydroxylation sites is 1. The lowest BCUT2D eigenvalue weighted by molar-refractivity contribution is -0.122. The monoisotopic (exact) mass is 289 g/mol. The third-order valence-corrected chi connectivity index (χ3v) is 4.74. The van der Waals surface area contributed by atoms with Crippen LogP contribution in [0.4, 0.5) is 0 Å². The molecule has 1 amide bonds. The summed E-state index contributed by atoms with van der Waals surface area (Å²) in [6.45, 7) is 2.62. The number of carbonyl (C=O) groups is 1. The number of hydrogen-bond acceptors (Lipinski definition) is 4. The van der Waals surface area contributed by atoms with E-state index in [4.69, 9.17) is 0 Å². The van der Waals surface area contributed by atoms with Gasteiger partial charge in [0.05, 0.1) is 16.8 Å². The summed E-state index contributed by atoms with van der Waals surface area (Å²) in [6.07, 6.45) is 2.86. The van der Waals surface area contributed by atoms with Gasteiger partial charge in [-0.15, -0.1) is 11.3 Å². The van der Waals surface area contributed by atoms with E-state index in [0.29, 0.717) is 18.9 Å². The van der Waals surface area contributed by atoms with E-state index < -0.39 is 0 Å². The minimum absolute atomic E-state index is 0.149. The van der Waals surface area contributed by atoms with Crippen molar-refractivity contribution in [1.82, 2.24) is 15.6 Å². The van der Waals surface area contributed by atoms with Crippen LogP contribution in [0, 0.1) is 5.92 Å². The molecule has 0 saturated carbocycles. The summed E-state index contributed by atoms with van der Waals surface area (Å²) >= 11 is 1.65. The molecule has 5 heteroatoms. The van der Waals surface area contributed by atoms with Crippen molar-refractivity contribution in [3.63, 3.8) is 0 Å². The average molecular weight is 289 g/mol. The topological polar surface area (TPSA) is 54.0 Å². The first kappa shape index (κ1) is 13.5. The molecule has 4 nitrogen and oxygen atoms in total. The Bertz CT molecular complexity index is 557. The normalized spacial score (nSPS) is 16.4. The number of hydrogen-bond donors (Lipinski definition) is 2. The molecule has 1 aromatic carbocycles. The Morgan fingerprint density at radius 3 is 2.95 bits per heavy atom. The fraction of sp³-hybridized carbons (Fsp3) is 0.467. The van der Waals surface area contributed by atoms with E-state index in [9.17, 15) is 4.79 Å². The van der Waals surface area contributed by atoms with Gasteiger partial charge in [0, 0.05) is 6.42 Å². The van der Waals surface area contributed by atoms with Crippen LogP contribution < -0.4 is 10.6 Å². The number of amides is 1. The zero-order valence-corrected chi connectivity index (χ0v) is 12.2. The highest BCUT2D eigenvalue weighted by Crippen LogP contribution is 2.21. The quantitative estimate of drug-likeness (QED) is 0.908. The summed E-state index contributed by atoms with van der Waals surface area (Å²) < 4.78 is 1.18. The maximum atomic E-state index is 11.9. The van der Waals surface area contributed by atoms with E-state index in [1.807, 2.05) is 18.2 Å². The van der Waals surface area contributed by atoms with Gasteiger partial charge in [-0.25, -0.2) is 4.98 Å². The van der Waals surface area contributed by atoms with Gasteiger partial charge >= 0.3 is 0 Å². The van der Waals surface area contributed by atoms with Crippen molar-refractivity contribution >= 4 is 27.5 Å². The van der Waals surface area contributed by atoms with E-state index in [0.717, 1.165) is 36.5 Å². The van der Waals surface area contributed by atoms with Gasteiger partial charge in [-0.2, -0.15) is 0 Å². The van der Waals surface area contributed by atoms with Crippen LogP contribution in [0.25, 0.3) is 10.2 Å². The molecule has 0 bridgehead atoms. The average Bonchev–Trinajstić information content (AvgIpc) is 2.89. The maximum absolute atomic E-state index is 11.9. The SMILES string of the molecule is O=C(CC1CCNCC1)NCc1nc2ccccc2s1. The lowest BCUT2D eigenvalue weighted by Gasteiger charge is -2.21. The highest BCUT2D eigenvalue weighted by molar-refractivity contribution is 7.18. The zero-order valence-electron chi connectivity index (χ0n) is 11.4. The van der Waals surface area contributed by atoms with Crippen molar-refractivity contribution < 1.29 is 4.79 Å². The molecule has 1 aliphatic rings. The molecule has 106 valence electrons. The molecule has 2 N–H and O–H groups in total. The van der Waals surface area contributed by atoms with Gasteiger partial charge in [0.2, 0.25) is 5.91 Å². The number of rotatable bonds is 4. The Balaban J connectivity index is 1.51. The summed E-state index contributed by atoms with van der Waals surface area (Å²) in [5.74, 6) is 0.683. The molecule has 1 saturated heterocycles. The summed E-state index contributed by atoms with van der Waals surface area (Å²) in [6, 6.07) is 8.07. The Labute approximate surface area is 122 Å². The van der Waals surface area contributed by atoms with Gasteiger partial charge in [0.15, 0.2) is 0 Å².